The van der Waals surface area contributed by atoms with Crippen LogP contribution in [-0.2, 0) is 4.79 Å². The van der Waals surface area contributed by atoms with Crippen LogP contribution in [0.1, 0.15) is 55.8 Å². The van der Waals surface area contributed by atoms with Gasteiger partial charge in [0, 0.05) is 11.4 Å². The van der Waals surface area contributed by atoms with E-state index in [2.05, 4.69) is 11.4 Å². The number of amides is 1. The molecule has 1 fully saturated rings. The van der Waals surface area contributed by atoms with Gasteiger partial charge in [-0.1, -0.05) is 37.8 Å². The molecule has 6 heteroatoms. The number of hydrogen-bond donors (Lipinski definition) is 1. The Morgan fingerprint density at radius 1 is 1.33 bits per heavy atom. The van der Waals surface area contributed by atoms with Crippen molar-refractivity contribution in [2.24, 2.45) is 0 Å². The lowest BCUT2D eigenvalue weighted by atomic mass is 9.83. The quantitative estimate of drug-likeness (QED) is 0.796. The summed E-state index contributed by atoms with van der Waals surface area (Å²) in [6, 6.07) is 6.97. The van der Waals surface area contributed by atoms with E-state index in [1.165, 1.54) is 0 Å². The second-order valence-corrected chi connectivity index (χ2v) is 6.45. The summed E-state index contributed by atoms with van der Waals surface area (Å²) in [6.07, 6.45) is 4.59. The van der Waals surface area contributed by atoms with Gasteiger partial charge < -0.3 is 10.1 Å². The number of hydrogen-bond acceptors (Lipinski definition) is 4. The summed E-state index contributed by atoms with van der Waals surface area (Å²) in [6.45, 7) is 1.51. The molecule has 2 rings (SSSR count). The molecular weight excluding hydrogens is 328 g/mol. The third kappa shape index (κ3) is 4.48. The monoisotopic (exact) mass is 348 g/mol. The van der Waals surface area contributed by atoms with Gasteiger partial charge in [0.05, 0.1) is 11.6 Å². The molecule has 0 spiro atoms. The van der Waals surface area contributed by atoms with E-state index in [1.807, 2.05) is 0 Å². The number of benzene rings is 1. The largest absolute Gasteiger partial charge is 0.483 e. The molecule has 0 bridgehead atoms. The lowest BCUT2D eigenvalue weighted by Crippen LogP contribution is -2.50. The SMILES string of the molecule is CCC(=O)c1cc(Cl)ccc1OCC(=O)NC1(C#N)CCCCC1. The first kappa shape index (κ1) is 18.3. The lowest BCUT2D eigenvalue weighted by molar-refractivity contribution is -0.124. The lowest BCUT2D eigenvalue weighted by Gasteiger charge is -2.31. The molecule has 1 aliphatic carbocycles. The number of carbonyl (C=O) groups is 2. The minimum absolute atomic E-state index is 0.103. The second-order valence-electron chi connectivity index (χ2n) is 6.01. The first-order chi connectivity index (χ1) is 11.5. The molecule has 1 aliphatic rings. The molecule has 1 N–H and O–H groups in total. The minimum Gasteiger partial charge on any atom is -0.483 e. The highest BCUT2D eigenvalue weighted by atomic mass is 35.5. The zero-order valence-electron chi connectivity index (χ0n) is 13.7. The number of nitrogens with one attached hydrogen (secondary N) is 1. The number of nitrogens with zero attached hydrogens (tertiary/aromatic N) is 1. The van der Waals surface area contributed by atoms with Crippen LogP contribution in [0, 0.1) is 11.3 Å². The zero-order chi connectivity index (χ0) is 17.6. The van der Waals surface area contributed by atoms with Crippen LogP contribution in [0.4, 0.5) is 0 Å². The molecule has 1 saturated carbocycles. The van der Waals surface area contributed by atoms with Crippen molar-refractivity contribution in [3.63, 3.8) is 0 Å². The van der Waals surface area contributed by atoms with E-state index < -0.39 is 5.54 Å². The van der Waals surface area contributed by atoms with Gasteiger partial charge >= 0.3 is 0 Å². The van der Waals surface area contributed by atoms with Crippen molar-refractivity contribution in [2.45, 2.75) is 51.0 Å². The van der Waals surface area contributed by atoms with Crippen LogP contribution in [0.2, 0.25) is 5.02 Å². The van der Waals surface area contributed by atoms with Gasteiger partial charge in [0.25, 0.3) is 5.91 Å². The number of rotatable bonds is 6. The van der Waals surface area contributed by atoms with E-state index in [0.29, 0.717) is 35.6 Å². The predicted octanol–water partition coefficient (Wildman–Crippen LogP) is 3.65. The van der Waals surface area contributed by atoms with Crippen molar-refractivity contribution in [3.8, 4) is 11.8 Å². The molecule has 128 valence electrons. The van der Waals surface area contributed by atoms with Crippen molar-refractivity contribution < 1.29 is 14.3 Å². The maximum Gasteiger partial charge on any atom is 0.259 e. The highest BCUT2D eigenvalue weighted by molar-refractivity contribution is 6.31. The minimum atomic E-state index is -0.791. The van der Waals surface area contributed by atoms with E-state index in [0.717, 1.165) is 19.3 Å². The van der Waals surface area contributed by atoms with Gasteiger partial charge in [0.1, 0.15) is 11.3 Å². The molecule has 1 amide bonds. The highest BCUT2D eigenvalue weighted by Gasteiger charge is 2.33. The Morgan fingerprint density at radius 2 is 2.04 bits per heavy atom. The molecule has 5 nitrogen and oxygen atoms in total. The van der Waals surface area contributed by atoms with Crippen molar-refractivity contribution in [1.29, 1.82) is 5.26 Å². The van der Waals surface area contributed by atoms with Gasteiger partial charge in [-0.05, 0) is 31.0 Å². The first-order valence-electron chi connectivity index (χ1n) is 8.17. The molecule has 0 aromatic heterocycles. The Balaban J connectivity index is 2.01. The normalized spacial score (nSPS) is 16.0. The Kier molecular flexibility index (Phi) is 6.22. The van der Waals surface area contributed by atoms with Crippen LogP contribution in [0.3, 0.4) is 0 Å². The summed E-state index contributed by atoms with van der Waals surface area (Å²) in [5.41, 5.74) is -0.425. The zero-order valence-corrected chi connectivity index (χ0v) is 14.5. The van der Waals surface area contributed by atoms with E-state index >= 15 is 0 Å². The van der Waals surface area contributed by atoms with Crippen LogP contribution in [-0.4, -0.2) is 23.8 Å². The average molecular weight is 349 g/mol. The van der Waals surface area contributed by atoms with Crippen molar-refractivity contribution in [1.82, 2.24) is 5.32 Å². The summed E-state index contributed by atoms with van der Waals surface area (Å²) < 4.78 is 5.51. The second kappa shape index (κ2) is 8.16. The maximum absolute atomic E-state index is 12.2. The third-order valence-corrected chi connectivity index (χ3v) is 4.46. The fourth-order valence-electron chi connectivity index (χ4n) is 2.90. The number of ether oxygens (including phenoxy) is 1. The number of Topliss-reactive ketones (excluding diaryl/α,β-unsaturated/α-hetero) is 1. The molecule has 24 heavy (non-hydrogen) atoms. The number of ketones is 1. The smallest absolute Gasteiger partial charge is 0.259 e. The van der Waals surface area contributed by atoms with Gasteiger partial charge in [-0.2, -0.15) is 5.26 Å². The fourth-order valence-corrected chi connectivity index (χ4v) is 3.07. The van der Waals surface area contributed by atoms with Crippen LogP contribution < -0.4 is 10.1 Å². The average Bonchev–Trinajstić information content (AvgIpc) is 2.60. The molecule has 0 unspecified atom stereocenters. The van der Waals surface area contributed by atoms with Crippen molar-refractivity contribution in [3.05, 3.63) is 28.8 Å². The molecule has 0 radical (unpaired) electrons. The fraction of sp³-hybridized carbons (Fsp3) is 0.500. The van der Waals surface area contributed by atoms with Crippen LogP contribution >= 0.6 is 11.6 Å². The van der Waals surface area contributed by atoms with Crippen LogP contribution in [0.25, 0.3) is 0 Å². The van der Waals surface area contributed by atoms with Crippen molar-refractivity contribution in [2.75, 3.05) is 6.61 Å². The molecule has 1 aromatic carbocycles. The van der Waals surface area contributed by atoms with E-state index in [4.69, 9.17) is 16.3 Å². The molecule has 0 aliphatic heterocycles. The van der Waals surface area contributed by atoms with E-state index in [1.54, 1.807) is 25.1 Å². The Bertz CT molecular complexity index is 661. The van der Waals surface area contributed by atoms with Gasteiger partial charge in [-0.25, -0.2) is 0 Å². The van der Waals surface area contributed by atoms with Crippen LogP contribution in [0.5, 0.6) is 5.75 Å². The standard InChI is InChI=1S/C18H21ClN2O3/c1-2-15(22)14-10-13(19)6-7-16(14)24-11-17(23)21-18(12-20)8-4-3-5-9-18/h6-7,10H,2-5,8-9,11H2,1H3,(H,21,23). The third-order valence-electron chi connectivity index (χ3n) is 4.22. The summed E-state index contributed by atoms with van der Waals surface area (Å²) in [5.74, 6) is -0.131. The molecule has 0 saturated heterocycles. The molecular formula is C18H21ClN2O3. The Morgan fingerprint density at radius 3 is 2.67 bits per heavy atom. The topological polar surface area (TPSA) is 79.2 Å². The first-order valence-corrected chi connectivity index (χ1v) is 8.55. The van der Waals surface area contributed by atoms with Crippen LogP contribution in [0.15, 0.2) is 18.2 Å². The molecule has 1 aromatic rings. The van der Waals surface area contributed by atoms with Gasteiger partial charge in [0.15, 0.2) is 12.4 Å². The van der Waals surface area contributed by atoms with Gasteiger partial charge in [-0.15, -0.1) is 0 Å². The summed E-state index contributed by atoms with van der Waals surface area (Å²) in [5, 5.41) is 12.6. The molecule has 0 heterocycles. The summed E-state index contributed by atoms with van der Waals surface area (Å²) in [7, 11) is 0. The number of halogens is 1. The van der Waals surface area contributed by atoms with Gasteiger partial charge in [0.2, 0.25) is 0 Å². The van der Waals surface area contributed by atoms with Crippen molar-refractivity contribution >= 4 is 23.3 Å². The number of nitriles is 1. The Labute approximate surface area is 146 Å². The Hall–Kier alpha value is -2.06. The van der Waals surface area contributed by atoms with E-state index in [9.17, 15) is 14.9 Å². The summed E-state index contributed by atoms with van der Waals surface area (Å²) >= 11 is 5.92. The van der Waals surface area contributed by atoms with Gasteiger partial charge in [-0.3, -0.25) is 9.59 Å². The number of carbonyl (C=O) groups excluding carboxylic acids is 2. The highest BCUT2D eigenvalue weighted by Crippen LogP contribution is 2.28. The predicted molar refractivity (Wildman–Crippen MR) is 91.1 cm³/mol. The molecule has 0 atom stereocenters. The van der Waals surface area contributed by atoms with E-state index in [-0.39, 0.29) is 18.3 Å². The maximum atomic E-state index is 12.2. The summed E-state index contributed by atoms with van der Waals surface area (Å²) in [4.78, 5) is 24.1.